The molecule has 1 aliphatic heterocycles. The molecular weight excluding hydrogens is 438 g/mol. The number of ether oxygens (including phenoxy) is 2. The second-order valence-corrected chi connectivity index (χ2v) is 7.40. The third-order valence-corrected chi connectivity index (χ3v) is 4.57. The van der Waals surface area contributed by atoms with Crippen molar-refractivity contribution in [2.24, 2.45) is 0 Å². The lowest BCUT2D eigenvalue weighted by Crippen LogP contribution is -2.36. The van der Waals surface area contributed by atoms with Crippen LogP contribution in [-0.2, 0) is 15.7 Å². The first-order chi connectivity index (χ1) is 15.1. The molecule has 0 aromatic carbocycles. The fourth-order valence-corrected chi connectivity index (χ4v) is 3.15. The number of imidazole rings is 1. The Morgan fingerprint density at radius 3 is 2.91 bits per heavy atom. The number of alkyl carbamates (subject to hydrolysis) is 1. The fourth-order valence-electron chi connectivity index (χ4n) is 3.15. The zero-order chi connectivity index (χ0) is 23.0. The highest BCUT2D eigenvalue weighted by Crippen LogP contribution is 2.34. The van der Waals surface area contributed by atoms with Crippen molar-refractivity contribution in [3.8, 4) is 0 Å². The van der Waals surface area contributed by atoms with Gasteiger partial charge in [-0.3, -0.25) is 9.50 Å². The summed E-state index contributed by atoms with van der Waals surface area (Å²) in [5.74, 6) is 0.194. The number of hydrogen-bond donors (Lipinski definition) is 3. The van der Waals surface area contributed by atoms with Crippen molar-refractivity contribution >= 4 is 23.5 Å². The van der Waals surface area contributed by atoms with Crippen LogP contribution in [0.25, 0.3) is 5.65 Å². The topological polar surface area (TPSA) is 118 Å². The Balaban J connectivity index is 1.47. The van der Waals surface area contributed by atoms with Gasteiger partial charge in [-0.05, 0) is 19.9 Å². The zero-order valence-corrected chi connectivity index (χ0v) is 16.9. The van der Waals surface area contributed by atoms with Gasteiger partial charge in [0.1, 0.15) is 11.8 Å². The van der Waals surface area contributed by atoms with E-state index in [1.807, 2.05) is 0 Å². The Morgan fingerprint density at radius 2 is 2.19 bits per heavy atom. The second kappa shape index (κ2) is 8.26. The van der Waals surface area contributed by atoms with Gasteiger partial charge < -0.3 is 20.1 Å². The first kappa shape index (κ1) is 21.8. The standard InChI is InChI=1S/C18H19F4N7O3/c1-8(2)24-17(30)32-10-7-31-15(14(10)19)9-5-12(28-27-9)26-16-23-4-3-13-25-11(6-29(13)16)18(20,21)22/h3-6,8,10,14-15H,7H2,1-2H3,(H,24,30)(H2,23,26,27,28)/t10-,14-,15-/m1/s1. The molecule has 3 aromatic rings. The van der Waals surface area contributed by atoms with Crippen LogP contribution in [0.3, 0.4) is 0 Å². The van der Waals surface area contributed by atoms with E-state index in [1.165, 1.54) is 18.3 Å². The first-order valence-corrected chi connectivity index (χ1v) is 9.58. The van der Waals surface area contributed by atoms with Crippen LogP contribution >= 0.6 is 0 Å². The summed E-state index contributed by atoms with van der Waals surface area (Å²) in [4.78, 5) is 19.2. The van der Waals surface area contributed by atoms with Crippen molar-refractivity contribution in [2.75, 3.05) is 11.9 Å². The van der Waals surface area contributed by atoms with E-state index in [0.717, 1.165) is 10.6 Å². The third-order valence-electron chi connectivity index (χ3n) is 4.57. The monoisotopic (exact) mass is 457 g/mol. The van der Waals surface area contributed by atoms with Crippen molar-refractivity contribution < 1.29 is 31.8 Å². The molecule has 32 heavy (non-hydrogen) atoms. The molecule has 3 aromatic heterocycles. The number of rotatable bonds is 5. The van der Waals surface area contributed by atoms with Gasteiger partial charge in [0.25, 0.3) is 0 Å². The van der Waals surface area contributed by atoms with Crippen LogP contribution < -0.4 is 10.6 Å². The van der Waals surface area contributed by atoms with E-state index in [-0.39, 0.29) is 35.8 Å². The average Bonchev–Trinajstić information content (AvgIpc) is 3.40. The van der Waals surface area contributed by atoms with Gasteiger partial charge in [0.15, 0.2) is 23.8 Å². The molecule has 3 N–H and O–H groups in total. The number of nitrogens with one attached hydrogen (secondary N) is 3. The van der Waals surface area contributed by atoms with E-state index >= 15 is 0 Å². The summed E-state index contributed by atoms with van der Waals surface area (Å²) in [5, 5.41) is 11.9. The highest BCUT2D eigenvalue weighted by molar-refractivity contribution is 5.67. The Hall–Kier alpha value is -3.42. The number of anilines is 2. The Bertz CT molecular complexity index is 1110. The molecule has 4 heterocycles. The number of amides is 1. The zero-order valence-electron chi connectivity index (χ0n) is 16.9. The predicted octanol–water partition coefficient (Wildman–Crippen LogP) is 3.13. The molecule has 0 bridgehead atoms. The van der Waals surface area contributed by atoms with Crippen molar-refractivity contribution in [3.63, 3.8) is 0 Å². The summed E-state index contributed by atoms with van der Waals surface area (Å²) in [7, 11) is 0. The summed E-state index contributed by atoms with van der Waals surface area (Å²) in [6.45, 7) is 3.34. The molecule has 0 radical (unpaired) electrons. The quantitative estimate of drug-likeness (QED) is 0.504. The van der Waals surface area contributed by atoms with Gasteiger partial charge in [-0.25, -0.2) is 19.2 Å². The fraction of sp³-hybridized carbons (Fsp3) is 0.444. The SMILES string of the molecule is CC(C)NC(=O)O[C@@H]1CO[C@H](c2cc(Nc3nccc4nc(C(F)(F)F)cn34)n[nH]2)[C@@H]1F. The maximum atomic E-state index is 14.8. The van der Waals surface area contributed by atoms with Gasteiger partial charge in [-0.2, -0.15) is 18.3 Å². The number of carbonyl (C=O) groups is 1. The van der Waals surface area contributed by atoms with Crippen molar-refractivity contribution in [1.29, 1.82) is 0 Å². The Kier molecular flexibility index (Phi) is 5.62. The van der Waals surface area contributed by atoms with Crippen molar-refractivity contribution in [1.82, 2.24) is 29.9 Å². The van der Waals surface area contributed by atoms with Crippen molar-refractivity contribution in [3.05, 3.63) is 35.9 Å². The smallest absolute Gasteiger partial charge is 0.434 e. The Morgan fingerprint density at radius 1 is 1.41 bits per heavy atom. The molecule has 4 rings (SSSR count). The summed E-state index contributed by atoms with van der Waals surface area (Å²) in [6.07, 6.45) is -7.07. The maximum absolute atomic E-state index is 14.8. The van der Waals surface area contributed by atoms with Crippen LogP contribution in [0.5, 0.6) is 0 Å². The number of alkyl halides is 4. The molecular formula is C18H19F4N7O3. The highest BCUT2D eigenvalue weighted by Gasteiger charge is 2.42. The minimum Gasteiger partial charge on any atom is -0.441 e. The summed E-state index contributed by atoms with van der Waals surface area (Å²) in [6, 6.07) is 2.59. The van der Waals surface area contributed by atoms with Gasteiger partial charge in [0.2, 0.25) is 5.95 Å². The van der Waals surface area contributed by atoms with Gasteiger partial charge in [-0.1, -0.05) is 0 Å². The van der Waals surface area contributed by atoms with E-state index in [2.05, 4.69) is 30.8 Å². The molecule has 1 aliphatic rings. The number of nitrogens with zero attached hydrogens (tertiary/aromatic N) is 4. The molecule has 1 amide bonds. The van der Waals surface area contributed by atoms with E-state index < -0.39 is 36.3 Å². The lowest BCUT2D eigenvalue weighted by Gasteiger charge is -2.16. The number of fused-ring (bicyclic) bond motifs is 1. The molecule has 0 unspecified atom stereocenters. The van der Waals surface area contributed by atoms with Gasteiger partial charge >= 0.3 is 12.3 Å². The normalized spacial score (nSPS) is 21.3. The van der Waals surface area contributed by atoms with Crippen LogP contribution in [0.4, 0.5) is 34.1 Å². The average molecular weight is 457 g/mol. The number of hydrogen-bond acceptors (Lipinski definition) is 7. The Labute approximate surface area is 178 Å². The van der Waals surface area contributed by atoms with E-state index in [4.69, 9.17) is 9.47 Å². The van der Waals surface area contributed by atoms with E-state index in [9.17, 15) is 22.4 Å². The van der Waals surface area contributed by atoms with Gasteiger partial charge in [-0.15, -0.1) is 0 Å². The second-order valence-electron chi connectivity index (χ2n) is 7.40. The molecule has 172 valence electrons. The van der Waals surface area contributed by atoms with Crippen LogP contribution in [-0.4, -0.2) is 55.6 Å². The lowest BCUT2D eigenvalue weighted by atomic mass is 10.1. The number of H-pyrrole nitrogens is 1. The van der Waals surface area contributed by atoms with Gasteiger partial charge in [0, 0.05) is 24.5 Å². The van der Waals surface area contributed by atoms with Gasteiger partial charge in [0.05, 0.1) is 12.3 Å². The first-order valence-electron chi connectivity index (χ1n) is 9.58. The third kappa shape index (κ3) is 4.44. The molecule has 10 nitrogen and oxygen atoms in total. The van der Waals surface area contributed by atoms with Crippen LogP contribution in [0, 0.1) is 0 Å². The minimum absolute atomic E-state index is 0.0271. The summed E-state index contributed by atoms with van der Waals surface area (Å²) in [5.41, 5.74) is -0.777. The molecule has 3 atom stereocenters. The maximum Gasteiger partial charge on any atom is 0.434 e. The van der Waals surface area contributed by atoms with Crippen LogP contribution in [0.15, 0.2) is 24.5 Å². The highest BCUT2D eigenvalue weighted by atomic mass is 19.4. The number of aromatic nitrogens is 5. The van der Waals surface area contributed by atoms with Crippen LogP contribution in [0.2, 0.25) is 0 Å². The summed E-state index contributed by atoms with van der Waals surface area (Å²) < 4.78 is 65.2. The summed E-state index contributed by atoms with van der Waals surface area (Å²) >= 11 is 0. The molecule has 1 saturated heterocycles. The number of aromatic amines is 1. The largest absolute Gasteiger partial charge is 0.441 e. The minimum atomic E-state index is -4.61. The molecule has 0 aliphatic carbocycles. The van der Waals surface area contributed by atoms with Crippen LogP contribution in [0.1, 0.15) is 31.3 Å². The number of halogens is 4. The molecule has 0 saturated carbocycles. The van der Waals surface area contributed by atoms with E-state index in [1.54, 1.807) is 13.8 Å². The van der Waals surface area contributed by atoms with E-state index in [0.29, 0.717) is 0 Å². The lowest BCUT2D eigenvalue weighted by molar-refractivity contribution is -0.140. The molecule has 14 heteroatoms. The molecule has 1 fully saturated rings. The number of carbonyl (C=O) groups excluding carboxylic acids is 1. The van der Waals surface area contributed by atoms with Crippen molar-refractivity contribution in [2.45, 2.75) is 44.4 Å². The predicted molar refractivity (Wildman–Crippen MR) is 102 cm³/mol. The molecule has 0 spiro atoms.